The molecule has 1 fully saturated rings. The molecule has 1 aliphatic rings. The highest BCUT2D eigenvalue weighted by Crippen LogP contribution is 2.26. The number of piperidine rings is 1. The third-order valence-corrected chi connectivity index (χ3v) is 5.39. The summed E-state index contributed by atoms with van der Waals surface area (Å²) in [5.41, 5.74) is 0.837. The summed E-state index contributed by atoms with van der Waals surface area (Å²) < 4.78 is 5.59. The zero-order valence-corrected chi connectivity index (χ0v) is 17.6. The molecule has 1 N–H and O–H groups in total. The first-order chi connectivity index (χ1) is 11.7. The minimum absolute atomic E-state index is 0. The third kappa shape index (κ3) is 5.98. The van der Waals surface area contributed by atoms with E-state index in [4.69, 9.17) is 4.42 Å². The Morgan fingerprint density at radius 1 is 1.35 bits per heavy atom. The Hall–Kier alpha value is -1.08. The van der Waals surface area contributed by atoms with E-state index < -0.39 is 0 Å². The molecule has 3 heterocycles. The number of hydrogen-bond acceptors (Lipinski definition) is 5. The van der Waals surface area contributed by atoms with Gasteiger partial charge in [-0.15, -0.1) is 36.2 Å². The molecule has 0 radical (unpaired) electrons. The monoisotopic (exact) mass is 419 g/mol. The van der Waals surface area contributed by atoms with E-state index in [0.29, 0.717) is 12.3 Å². The van der Waals surface area contributed by atoms with E-state index in [1.165, 1.54) is 11.3 Å². The van der Waals surface area contributed by atoms with Crippen LogP contribution in [0.2, 0.25) is 0 Å². The summed E-state index contributed by atoms with van der Waals surface area (Å²) in [6.07, 6.45) is 2.56. The van der Waals surface area contributed by atoms with Crippen LogP contribution in [0.5, 0.6) is 0 Å². The summed E-state index contributed by atoms with van der Waals surface area (Å²) in [7, 11) is 0. The number of thiazole rings is 1. The molecule has 0 aliphatic carbocycles. The van der Waals surface area contributed by atoms with Crippen LogP contribution in [-0.4, -0.2) is 42.0 Å². The lowest BCUT2D eigenvalue weighted by Gasteiger charge is -2.32. The fourth-order valence-corrected chi connectivity index (χ4v) is 3.83. The molecule has 146 valence electrons. The molecule has 2 aromatic heterocycles. The van der Waals surface area contributed by atoms with Gasteiger partial charge in [-0.3, -0.25) is 4.79 Å². The van der Waals surface area contributed by atoms with E-state index in [-0.39, 0.29) is 30.7 Å². The van der Waals surface area contributed by atoms with Crippen LogP contribution in [0.25, 0.3) is 10.8 Å². The maximum absolute atomic E-state index is 12.5. The van der Waals surface area contributed by atoms with E-state index in [0.717, 1.165) is 61.2 Å². The minimum atomic E-state index is 0. The normalized spacial score (nSPS) is 14.6. The molecule has 3 rings (SSSR count). The number of hydrogen-bond donors (Lipinski definition) is 1. The van der Waals surface area contributed by atoms with E-state index >= 15 is 0 Å². The van der Waals surface area contributed by atoms with Crippen molar-refractivity contribution in [2.45, 2.75) is 33.1 Å². The zero-order valence-electron chi connectivity index (χ0n) is 15.2. The number of aryl methyl sites for hydroxylation is 1. The molecular weight excluding hydrogens is 393 g/mol. The highest BCUT2D eigenvalue weighted by molar-refractivity contribution is 7.13. The van der Waals surface area contributed by atoms with Crippen LogP contribution < -0.4 is 5.32 Å². The van der Waals surface area contributed by atoms with Gasteiger partial charge in [0.25, 0.3) is 0 Å². The number of aromatic nitrogens is 1. The average molecular weight is 420 g/mol. The van der Waals surface area contributed by atoms with Gasteiger partial charge in [0.15, 0.2) is 10.8 Å². The molecule has 5 nitrogen and oxygen atoms in total. The summed E-state index contributed by atoms with van der Waals surface area (Å²) >= 11 is 1.53. The van der Waals surface area contributed by atoms with Gasteiger partial charge in [0, 0.05) is 18.5 Å². The molecule has 0 atom stereocenters. The van der Waals surface area contributed by atoms with Crippen molar-refractivity contribution >= 4 is 42.1 Å². The van der Waals surface area contributed by atoms with Gasteiger partial charge in [0.2, 0.25) is 5.91 Å². The van der Waals surface area contributed by atoms with Gasteiger partial charge in [-0.2, -0.15) is 0 Å². The van der Waals surface area contributed by atoms with Gasteiger partial charge in [-0.05, 0) is 50.9 Å². The first kappa shape index (κ1) is 23.0. The third-order valence-electron chi connectivity index (χ3n) is 4.49. The molecule has 1 amide bonds. The lowest BCUT2D eigenvalue weighted by molar-refractivity contribution is -0.131. The predicted molar refractivity (Wildman–Crippen MR) is 111 cm³/mol. The van der Waals surface area contributed by atoms with Crippen molar-refractivity contribution in [2.24, 2.45) is 5.92 Å². The predicted octanol–water partition coefficient (Wildman–Crippen LogP) is 3.95. The van der Waals surface area contributed by atoms with Crippen LogP contribution in [0.3, 0.4) is 0 Å². The van der Waals surface area contributed by atoms with Crippen molar-refractivity contribution in [3.8, 4) is 10.8 Å². The van der Waals surface area contributed by atoms with Crippen LogP contribution in [0.15, 0.2) is 21.9 Å². The number of nitrogens with zero attached hydrogens (tertiary/aromatic N) is 2. The van der Waals surface area contributed by atoms with Gasteiger partial charge < -0.3 is 14.6 Å². The Kier molecular flexibility index (Phi) is 9.64. The first-order valence-electron chi connectivity index (χ1n) is 8.65. The smallest absolute Gasteiger partial charge is 0.228 e. The van der Waals surface area contributed by atoms with Gasteiger partial charge >= 0.3 is 0 Å². The fraction of sp³-hybridized carbons (Fsp3) is 0.556. The topological polar surface area (TPSA) is 58.4 Å². The van der Waals surface area contributed by atoms with Crippen molar-refractivity contribution in [1.29, 1.82) is 0 Å². The lowest BCUT2D eigenvalue weighted by Crippen LogP contribution is -2.41. The highest BCUT2D eigenvalue weighted by Gasteiger charge is 2.23. The molecule has 0 spiro atoms. The van der Waals surface area contributed by atoms with Gasteiger partial charge in [-0.25, -0.2) is 4.98 Å². The molecule has 0 aromatic carbocycles. The Balaban J connectivity index is 0.00000169. The number of nitrogens with one attached hydrogen (secondary N) is 1. The van der Waals surface area contributed by atoms with E-state index in [2.05, 4.69) is 17.2 Å². The largest absolute Gasteiger partial charge is 0.459 e. The SMILES string of the molecule is CCNCC1CCN(C(=O)Cc2csc(-c3ccc(C)o3)n2)CC1.Cl.Cl. The first-order valence-corrected chi connectivity index (χ1v) is 9.53. The maximum Gasteiger partial charge on any atom is 0.228 e. The van der Waals surface area contributed by atoms with Crippen LogP contribution in [0.4, 0.5) is 0 Å². The molecule has 0 unspecified atom stereocenters. The second kappa shape index (κ2) is 10.9. The Morgan fingerprint density at radius 3 is 2.69 bits per heavy atom. The Bertz CT molecular complexity index is 682. The average Bonchev–Trinajstić information content (AvgIpc) is 3.22. The molecule has 0 saturated carbocycles. The molecule has 1 aliphatic heterocycles. The number of carbonyl (C=O) groups excluding carboxylic acids is 1. The number of carbonyl (C=O) groups is 1. The molecule has 1 saturated heterocycles. The maximum atomic E-state index is 12.5. The quantitative estimate of drug-likeness (QED) is 0.769. The molecule has 26 heavy (non-hydrogen) atoms. The van der Waals surface area contributed by atoms with E-state index in [1.54, 1.807) is 0 Å². The number of amides is 1. The fourth-order valence-electron chi connectivity index (χ4n) is 3.05. The summed E-state index contributed by atoms with van der Waals surface area (Å²) in [4.78, 5) is 19.0. The van der Waals surface area contributed by atoms with Crippen LogP contribution in [-0.2, 0) is 11.2 Å². The van der Waals surface area contributed by atoms with Gasteiger partial charge in [-0.1, -0.05) is 6.92 Å². The summed E-state index contributed by atoms with van der Waals surface area (Å²) in [6.45, 7) is 7.86. The van der Waals surface area contributed by atoms with Crippen molar-refractivity contribution in [2.75, 3.05) is 26.2 Å². The zero-order chi connectivity index (χ0) is 16.9. The minimum Gasteiger partial charge on any atom is -0.459 e. The van der Waals surface area contributed by atoms with Crippen LogP contribution in [0, 0.1) is 12.8 Å². The Morgan fingerprint density at radius 2 is 2.08 bits per heavy atom. The number of rotatable bonds is 6. The van der Waals surface area contributed by atoms with Crippen molar-refractivity contribution in [3.63, 3.8) is 0 Å². The highest BCUT2D eigenvalue weighted by atomic mass is 35.5. The van der Waals surface area contributed by atoms with Crippen molar-refractivity contribution in [3.05, 3.63) is 29.0 Å². The van der Waals surface area contributed by atoms with E-state index in [9.17, 15) is 4.79 Å². The second-order valence-corrected chi connectivity index (χ2v) is 7.22. The molecular formula is C18H27Cl2N3O2S. The van der Waals surface area contributed by atoms with Crippen LogP contribution >= 0.6 is 36.2 Å². The summed E-state index contributed by atoms with van der Waals surface area (Å²) in [5, 5.41) is 6.21. The van der Waals surface area contributed by atoms with Gasteiger partial charge in [0.05, 0.1) is 12.1 Å². The van der Waals surface area contributed by atoms with E-state index in [1.807, 2.05) is 29.3 Å². The number of halogens is 2. The molecule has 0 bridgehead atoms. The Labute approximate surface area is 171 Å². The number of furan rings is 1. The second-order valence-electron chi connectivity index (χ2n) is 6.36. The van der Waals surface area contributed by atoms with Crippen LogP contribution in [0.1, 0.15) is 31.2 Å². The standard InChI is InChI=1S/C18H25N3O2S.2ClH/c1-3-19-11-14-6-8-21(9-7-14)17(22)10-15-12-24-18(20-15)16-5-4-13(2)23-16;;/h4-5,12,14,19H,3,6-11H2,1-2H3;2*1H. The van der Waals surface area contributed by atoms with Gasteiger partial charge in [0.1, 0.15) is 5.76 Å². The molecule has 8 heteroatoms. The van der Waals surface area contributed by atoms with Crippen molar-refractivity contribution in [1.82, 2.24) is 15.2 Å². The number of likely N-dealkylation sites (tertiary alicyclic amines) is 1. The summed E-state index contributed by atoms with van der Waals surface area (Å²) in [6, 6.07) is 3.86. The lowest BCUT2D eigenvalue weighted by atomic mass is 9.96. The summed E-state index contributed by atoms with van der Waals surface area (Å²) in [5.74, 6) is 2.53. The molecule has 2 aromatic rings. The van der Waals surface area contributed by atoms with Crippen molar-refractivity contribution < 1.29 is 9.21 Å².